The van der Waals surface area contributed by atoms with Crippen LogP contribution in [0.2, 0.25) is 0 Å². The highest BCUT2D eigenvalue weighted by atomic mass is 19.2. The second kappa shape index (κ2) is 10.3. The van der Waals surface area contributed by atoms with Gasteiger partial charge in [0.1, 0.15) is 0 Å². The summed E-state index contributed by atoms with van der Waals surface area (Å²) in [4.78, 5) is 31.0. The fourth-order valence-corrected chi connectivity index (χ4v) is 3.95. The zero-order valence-electron chi connectivity index (χ0n) is 17.3. The van der Waals surface area contributed by atoms with Crippen LogP contribution in [0.3, 0.4) is 0 Å². The average Bonchev–Trinajstić information content (AvgIpc) is 3.04. The molecule has 2 fully saturated rings. The van der Waals surface area contributed by atoms with E-state index < -0.39 is 29.4 Å². The van der Waals surface area contributed by atoms with E-state index in [1.54, 1.807) is 6.92 Å². The van der Waals surface area contributed by atoms with Crippen molar-refractivity contribution < 1.29 is 22.8 Å². The lowest BCUT2D eigenvalue weighted by molar-refractivity contribution is -0.133. The second-order valence-corrected chi connectivity index (χ2v) is 8.00. The van der Waals surface area contributed by atoms with Gasteiger partial charge in [-0.15, -0.1) is 0 Å². The molecule has 0 spiro atoms. The maximum absolute atomic E-state index is 13.8. The molecule has 0 aliphatic carbocycles. The first kappa shape index (κ1) is 22.6. The lowest BCUT2D eigenvalue weighted by atomic mass is 10.2. The number of hydrogen-bond acceptors (Lipinski definition) is 4. The van der Waals surface area contributed by atoms with Gasteiger partial charge in [0.25, 0.3) is 0 Å². The van der Waals surface area contributed by atoms with Gasteiger partial charge < -0.3 is 10.2 Å². The zero-order valence-corrected chi connectivity index (χ0v) is 17.3. The number of piperazine rings is 1. The van der Waals surface area contributed by atoms with Crippen LogP contribution in [-0.4, -0.2) is 78.4 Å². The maximum atomic E-state index is 13.8. The van der Waals surface area contributed by atoms with Crippen molar-refractivity contribution in [2.45, 2.75) is 38.6 Å². The van der Waals surface area contributed by atoms with E-state index in [9.17, 15) is 22.8 Å². The van der Waals surface area contributed by atoms with Crippen LogP contribution in [0.4, 0.5) is 18.9 Å². The predicted octanol–water partition coefficient (Wildman–Crippen LogP) is 2.45. The van der Waals surface area contributed by atoms with Crippen LogP contribution in [0.25, 0.3) is 0 Å². The van der Waals surface area contributed by atoms with Gasteiger partial charge in [0, 0.05) is 39.3 Å². The number of carbonyl (C=O) groups is 2. The molecule has 2 heterocycles. The summed E-state index contributed by atoms with van der Waals surface area (Å²) in [6, 6.07) is 1.21. The maximum Gasteiger partial charge on any atom is 0.241 e. The molecule has 30 heavy (non-hydrogen) atoms. The quantitative estimate of drug-likeness (QED) is 0.735. The molecule has 166 valence electrons. The van der Waals surface area contributed by atoms with Gasteiger partial charge in [-0.3, -0.25) is 19.4 Å². The number of hydrogen-bond donors (Lipinski definition) is 1. The van der Waals surface area contributed by atoms with Gasteiger partial charge in [0.15, 0.2) is 17.5 Å². The van der Waals surface area contributed by atoms with Crippen LogP contribution < -0.4 is 5.32 Å². The Morgan fingerprint density at radius 1 is 0.933 bits per heavy atom. The lowest BCUT2D eigenvalue weighted by Crippen LogP contribution is -2.54. The number of likely N-dealkylation sites (tertiary alicyclic amines) is 1. The third kappa shape index (κ3) is 5.51. The van der Waals surface area contributed by atoms with Crippen molar-refractivity contribution in [1.29, 1.82) is 0 Å². The van der Waals surface area contributed by atoms with Crippen molar-refractivity contribution in [2.75, 3.05) is 51.1 Å². The molecule has 1 N–H and O–H groups in total. The lowest BCUT2D eigenvalue weighted by Gasteiger charge is -2.37. The van der Waals surface area contributed by atoms with Crippen LogP contribution in [0, 0.1) is 17.5 Å². The Bertz CT molecular complexity index is 761. The van der Waals surface area contributed by atoms with Crippen molar-refractivity contribution in [3.05, 3.63) is 29.6 Å². The van der Waals surface area contributed by atoms with Gasteiger partial charge in [-0.05, 0) is 31.9 Å². The summed E-state index contributed by atoms with van der Waals surface area (Å²) in [7, 11) is 0. The molecule has 0 saturated carbocycles. The zero-order chi connectivity index (χ0) is 21.7. The third-order valence-corrected chi connectivity index (χ3v) is 5.94. The van der Waals surface area contributed by atoms with Gasteiger partial charge in [-0.2, -0.15) is 0 Å². The minimum atomic E-state index is -1.61. The molecule has 1 aromatic carbocycles. The molecule has 0 bridgehead atoms. The van der Waals surface area contributed by atoms with E-state index in [0.29, 0.717) is 32.7 Å². The van der Waals surface area contributed by atoms with Crippen LogP contribution in [-0.2, 0) is 9.59 Å². The average molecular weight is 426 g/mol. The third-order valence-electron chi connectivity index (χ3n) is 5.94. The molecular weight excluding hydrogens is 397 g/mol. The summed E-state index contributed by atoms with van der Waals surface area (Å²) >= 11 is 0. The Balaban J connectivity index is 1.47. The number of nitrogens with one attached hydrogen (secondary N) is 1. The van der Waals surface area contributed by atoms with Gasteiger partial charge in [0.2, 0.25) is 11.8 Å². The van der Waals surface area contributed by atoms with Crippen LogP contribution in [0.1, 0.15) is 32.6 Å². The number of rotatable bonds is 5. The predicted molar refractivity (Wildman–Crippen MR) is 107 cm³/mol. The standard InChI is InChI=1S/C21H29F3N4O2/c1-15(21(30)25-17-7-6-16(22)19(23)20(17)24)27-12-10-26(11-13-27)14-18(29)28-8-4-2-3-5-9-28/h6-7,15H,2-5,8-14H2,1H3,(H,25,30). The summed E-state index contributed by atoms with van der Waals surface area (Å²) in [5.74, 6) is -4.65. The minimum absolute atomic E-state index is 0.157. The Labute approximate surface area is 175 Å². The highest BCUT2D eigenvalue weighted by Crippen LogP contribution is 2.20. The number of carbonyl (C=O) groups excluding carboxylic acids is 2. The largest absolute Gasteiger partial charge is 0.342 e. The van der Waals surface area contributed by atoms with E-state index in [1.165, 1.54) is 12.8 Å². The summed E-state index contributed by atoms with van der Waals surface area (Å²) in [6.07, 6.45) is 4.48. The molecule has 9 heteroatoms. The van der Waals surface area contributed by atoms with E-state index in [2.05, 4.69) is 10.2 Å². The van der Waals surface area contributed by atoms with Gasteiger partial charge in [-0.25, -0.2) is 13.2 Å². The van der Waals surface area contributed by atoms with Crippen molar-refractivity contribution in [1.82, 2.24) is 14.7 Å². The fraction of sp³-hybridized carbons (Fsp3) is 0.619. The van der Waals surface area contributed by atoms with E-state index in [1.807, 2.05) is 9.80 Å². The summed E-state index contributed by atoms with van der Waals surface area (Å²) < 4.78 is 40.2. The molecule has 1 atom stereocenters. The minimum Gasteiger partial charge on any atom is -0.342 e. The Morgan fingerprint density at radius 2 is 1.57 bits per heavy atom. The number of benzene rings is 1. The number of halogens is 3. The fourth-order valence-electron chi connectivity index (χ4n) is 3.95. The summed E-state index contributed by atoms with van der Waals surface area (Å²) in [5.41, 5.74) is -0.382. The van der Waals surface area contributed by atoms with Gasteiger partial charge >= 0.3 is 0 Å². The molecule has 1 aromatic rings. The number of anilines is 1. The molecule has 1 unspecified atom stereocenters. The monoisotopic (exact) mass is 426 g/mol. The van der Waals surface area contributed by atoms with Crippen molar-refractivity contribution >= 4 is 17.5 Å². The van der Waals surface area contributed by atoms with Crippen molar-refractivity contribution in [2.24, 2.45) is 0 Å². The van der Waals surface area contributed by atoms with Crippen LogP contribution >= 0.6 is 0 Å². The van der Waals surface area contributed by atoms with Crippen molar-refractivity contribution in [3.63, 3.8) is 0 Å². The normalized spacial score (nSPS) is 19.9. The molecule has 2 aliphatic rings. The Morgan fingerprint density at radius 3 is 2.20 bits per heavy atom. The van der Waals surface area contributed by atoms with Crippen LogP contribution in [0.15, 0.2) is 12.1 Å². The SMILES string of the molecule is CC(C(=O)Nc1ccc(F)c(F)c1F)N1CCN(CC(=O)N2CCCCCC2)CC1. The molecule has 6 nitrogen and oxygen atoms in total. The molecule has 3 rings (SSSR count). The smallest absolute Gasteiger partial charge is 0.241 e. The van der Waals surface area contributed by atoms with E-state index in [-0.39, 0.29) is 11.6 Å². The van der Waals surface area contributed by atoms with E-state index in [0.717, 1.165) is 38.1 Å². The first-order chi connectivity index (χ1) is 14.4. The van der Waals surface area contributed by atoms with Gasteiger partial charge in [0.05, 0.1) is 18.3 Å². The highest BCUT2D eigenvalue weighted by molar-refractivity contribution is 5.94. The molecule has 2 amide bonds. The van der Waals surface area contributed by atoms with Crippen LogP contribution in [0.5, 0.6) is 0 Å². The molecule has 0 radical (unpaired) electrons. The number of nitrogens with zero attached hydrogens (tertiary/aromatic N) is 3. The highest BCUT2D eigenvalue weighted by Gasteiger charge is 2.28. The Hall–Kier alpha value is -2.13. The first-order valence-corrected chi connectivity index (χ1v) is 10.6. The summed E-state index contributed by atoms with van der Waals surface area (Å²) in [5, 5.41) is 2.33. The van der Waals surface area contributed by atoms with E-state index >= 15 is 0 Å². The Kier molecular flexibility index (Phi) is 7.71. The number of amides is 2. The van der Waals surface area contributed by atoms with Crippen molar-refractivity contribution in [3.8, 4) is 0 Å². The topological polar surface area (TPSA) is 55.9 Å². The first-order valence-electron chi connectivity index (χ1n) is 10.6. The van der Waals surface area contributed by atoms with E-state index in [4.69, 9.17) is 0 Å². The second-order valence-electron chi connectivity index (χ2n) is 8.00. The molecule has 0 aromatic heterocycles. The molecular formula is C21H29F3N4O2. The van der Waals surface area contributed by atoms with Gasteiger partial charge in [-0.1, -0.05) is 12.8 Å². The molecule has 2 saturated heterocycles. The molecule has 2 aliphatic heterocycles. The summed E-state index contributed by atoms with van der Waals surface area (Å²) in [6.45, 7) is 6.20.